The Hall–Kier alpha value is -2.84. The predicted octanol–water partition coefficient (Wildman–Crippen LogP) is 3.63. The van der Waals surface area contributed by atoms with Crippen LogP contribution in [0.25, 0.3) is 17.1 Å². The molecule has 0 radical (unpaired) electrons. The van der Waals surface area contributed by atoms with E-state index in [1.807, 2.05) is 0 Å². The standard InChI is InChI=1S/C14H7F5N4/c15-11-5-4-10(7-12(11)16)23-13(20-21-22-23)8-2-1-3-9(6-8)14(17,18)19/h1-7H. The third kappa shape index (κ3) is 2.89. The van der Waals surface area contributed by atoms with Gasteiger partial charge in [0.05, 0.1) is 11.3 Å². The zero-order valence-corrected chi connectivity index (χ0v) is 11.2. The van der Waals surface area contributed by atoms with E-state index in [-0.39, 0.29) is 17.1 Å². The van der Waals surface area contributed by atoms with E-state index >= 15 is 0 Å². The Morgan fingerprint density at radius 3 is 2.39 bits per heavy atom. The average molecular weight is 326 g/mol. The van der Waals surface area contributed by atoms with E-state index in [1.165, 1.54) is 18.2 Å². The summed E-state index contributed by atoms with van der Waals surface area (Å²) in [6.45, 7) is 0. The van der Waals surface area contributed by atoms with Crippen molar-refractivity contribution in [2.24, 2.45) is 0 Å². The molecule has 0 amide bonds. The minimum atomic E-state index is -4.52. The summed E-state index contributed by atoms with van der Waals surface area (Å²) in [6.07, 6.45) is -4.52. The summed E-state index contributed by atoms with van der Waals surface area (Å²) in [5, 5.41) is 10.7. The van der Waals surface area contributed by atoms with Crippen molar-refractivity contribution < 1.29 is 22.0 Å². The van der Waals surface area contributed by atoms with E-state index < -0.39 is 23.4 Å². The lowest BCUT2D eigenvalue weighted by Crippen LogP contribution is -2.06. The zero-order chi connectivity index (χ0) is 16.6. The first-order valence-electron chi connectivity index (χ1n) is 6.28. The number of hydrogen-bond acceptors (Lipinski definition) is 3. The number of rotatable bonds is 2. The third-order valence-corrected chi connectivity index (χ3v) is 3.07. The Labute approximate surface area is 126 Å². The van der Waals surface area contributed by atoms with Gasteiger partial charge in [-0.05, 0) is 34.7 Å². The molecule has 0 atom stereocenters. The minimum absolute atomic E-state index is 0.0258. The molecule has 0 aliphatic rings. The molecule has 1 aromatic heterocycles. The Bertz CT molecular complexity index is 856. The summed E-state index contributed by atoms with van der Waals surface area (Å²) in [4.78, 5) is 0. The van der Waals surface area contributed by atoms with Gasteiger partial charge in [-0.2, -0.15) is 17.9 Å². The van der Waals surface area contributed by atoms with Gasteiger partial charge in [0.15, 0.2) is 17.5 Å². The zero-order valence-electron chi connectivity index (χ0n) is 11.2. The second-order valence-electron chi connectivity index (χ2n) is 4.59. The monoisotopic (exact) mass is 326 g/mol. The first-order valence-corrected chi connectivity index (χ1v) is 6.28. The molecule has 23 heavy (non-hydrogen) atoms. The van der Waals surface area contributed by atoms with E-state index in [9.17, 15) is 22.0 Å². The largest absolute Gasteiger partial charge is 0.416 e. The number of hydrogen-bond donors (Lipinski definition) is 0. The highest BCUT2D eigenvalue weighted by atomic mass is 19.4. The fraction of sp³-hybridized carbons (Fsp3) is 0.0714. The van der Waals surface area contributed by atoms with E-state index in [1.54, 1.807) is 0 Å². The van der Waals surface area contributed by atoms with Crippen LogP contribution >= 0.6 is 0 Å². The van der Waals surface area contributed by atoms with Crippen LogP contribution in [0.3, 0.4) is 0 Å². The summed E-state index contributed by atoms with van der Waals surface area (Å²) in [6, 6.07) is 7.33. The fourth-order valence-corrected chi connectivity index (χ4v) is 1.99. The molecule has 1 heterocycles. The highest BCUT2D eigenvalue weighted by Crippen LogP contribution is 2.32. The number of halogens is 5. The second kappa shape index (κ2) is 5.41. The van der Waals surface area contributed by atoms with E-state index in [4.69, 9.17) is 0 Å². The van der Waals surface area contributed by atoms with Crippen LogP contribution in [-0.4, -0.2) is 20.2 Å². The molecule has 0 aliphatic carbocycles. The maximum atomic E-state index is 13.3. The summed E-state index contributed by atoms with van der Waals surface area (Å²) in [5.74, 6) is -2.20. The summed E-state index contributed by atoms with van der Waals surface area (Å²) < 4.78 is 65.7. The van der Waals surface area contributed by atoms with Crippen LogP contribution in [0.15, 0.2) is 42.5 Å². The van der Waals surface area contributed by atoms with Crippen LogP contribution in [0, 0.1) is 11.6 Å². The van der Waals surface area contributed by atoms with E-state index in [0.29, 0.717) is 0 Å². The highest BCUT2D eigenvalue weighted by Gasteiger charge is 2.31. The van der Waals surface area contributed by atoms with Gasteiger partial charge in [-0.15, -0.1) is 5.10 Å². The number of tetrazole rings is 1. The normalized spacial score (nSPS) is 11.7. The van der Waals surface area contributed by atoms with Crippen molar-refractivity contribution in [1.29, 1.82) is 0 Å². The van der Waals surface area contributed by atoms with Gasteiger partial charge >= 0.3 is 6.18 Å². The van der Waals surface area contributed by atoms with Crippen LogP contribution in [0.1, 0.15) is 5.56 Å². The topological polar surface area (TPSA) is 43.6 Å². The van der Waals surface area contributed by atoms with Gasteiger partial charge in [0.1, 0.15) is 0 Å². The van der Waals surface area contributed by atoms with Crippen molar-refractivity contribution >= 4 is 0 Å². The number of aromatic nitrogens is 4. The van der Waals surface area contributed by atoms with Crippen molar-refractivity contribution in [1.82, 2.24) is 20.2 Å². The highest BCUT2D eigenvalue weighted by molar-refractivity contribution is 5.58. The van der Waals surface area contributed by atoms with Gasteiger partial charge in [0, 0.05) is 11.6 Å². The van der Waals surface area contributed by atoms with Gasteiger partial charge < -0.3 is 0 Å². The van der Waals surface area contributed by atoms with Gasteiger partial charge in [0.25, 0.3) is 0 Å². The molecule has 118 valence electrons. The first kappa shape index (κ1) is 15.1. The molecule has 0 saturated heterocycles. The molecular weight excluding hydrogens is 319 g/mol. The molecule has 9 heteroatoms. The molecule has 0 spiro atoms. The quantitative estimate of drug-likeness (QED) is 0.676. The summed E-state index contributed by atoms with van der Waals surface area (Å²) >= 11 is 0. The lowest BCUT2D eigenvalue weighted by atomic mass is 10.1. The van der Waals surface area contributed by atoms with Gasteiger partial charge in [-0.25, -0.2) is 8.78 Å². The van der Waals surface area contributed by atoms with E-state index in [2.05, 4.69) is 15.5 Å². The Balaban J connectivity index is 2.09. The fourth-order valence-electron chi connectivity index (χ4n) is 1.99. The second-order valence-corrected chi connectivity index (χ2v) is 4.59. The van der Waals surface area contributed by atoms with Crippen molar-refractivity contribution in [3.05, 3.63) is 59.7 Å². The first-order chi connectivity index (χ1) is 10.9. The molecule has 0 unspecified atom stereocenters. The molecule has 3 rings (SSSR count). The lowest BCUT2D eigenvalue weighted by molar-refractivity contribution is -0.137. The molecule has 0 bridgehead atoms. The summed E-state index contributed by atoms with van der Waals surface area (Å²) in [7, 11) is 0. The Morgan fingerprint density at radius 1 is 0.913 bits per heavy atom. The smallest absolute Gasteiger partial charge is 0.204 e. The van der Waals surface area contributed by atoms with Crippen molar-refractivity contribution in [2.75, 3.05) is 0 Å². The molecular formula is C14H7F5N4. The average Bonchev–Trinajstić information content (AvgIpc) is 2.99. The predicted molar refractivity (Wildman–Crippen MR) is 69.5 cm³/mol. The number of alkyl halides is 3. The van der Waals surface area contributed by atoms with Crippen LogP contribution in [-0.2, 0) is 6.18 Å². The van der Waals surface area contributed by atoms with Crippen molar-refractivity contribution in [3.8, 4) is 17.1 Å². The maximum Gasteiger partial charge on any atom is 0.416 e. The summed E-state index contributed by atoms with van der Waals surface area (Å²) in [5.41, 5.74) is -0.689. The Kier molecular flexibility index (Phi) is 3.55. The van der Waals surface area contributed by atoms with Gasteiger partial charge in [0.2, 0.25) is 0 Å². The van der Waals surface area contributed by atoms with Crippen LogP contribution in [0.2, 0.25) is 0 Å². The molecule has 0 N–H and O–H groups in total. The lowest BCUT2D eigenvalue weighted by Gasteiger charge is -2.09. The number of nitrogens with zero attached hydrogens (tertiary/aromatic N) is 4. The molecule has 0 fully saturated rings. The molecule has 0 aliphatic heterocycles. The molecule has 3 aromatic rings. The third-order valence-electron chi connectivity index (χ3n) is 3.07. The SMILES string of the molecule is Fc1ccc(-n2nnnc2-c2cccc(C(F)(F)F)c2)cc1F. The van der Waals surface area contributed by atoms with Crippen LogP contribution in [0.5, 0.6) is 0 Å². The van der Waals surface area contributed by atoms with Crippen molar-refractivity contribution in [3.63, 3.8) is 0 Å². The maximum absolute atomic E-state index is 13.3. The molecule has 4 nitrogen and oxygen atoms in total. The van der Waals surface area contributed by atoms with E-state index in [0.717, 1.165) is 28.9 Å². The molecule has 2 aromatic carbocycles. The van der Waals surface area contributed by atoms with Crippen LogP contribution in [0.4, 0.5) is 22.0 Å². The Morgan fingerprint density at radius 2 is 1.70 bits per heavy atom. The minimum Gasteiger partial charge on any atom is -0.204 e. The molecule has 0 saturated carbocycles. The van der Waals surface area contributed by atoms with Crippen molar-refractivity contribution in [2.45, 2.75) is 6.18 Å². The van der Waals surface area contributed by atoms with Gasteiger partial charge in [-0.1, -0.05) is 12.1 Å². The van der Waals surface area contributed by atoms with Crippen LogP contribution < -0.4 is 0 Å². The van der Waals surface area contributed by atoms with Gasteiger partial charge in [-0.3, -0.25) is 0 Å². The number of benzene rings is 2.